The number of unbranched alkanes of at least 4 members (excludes halogenated alkanes) is 1. The van der Waals surface area contributed by atoms with Gasteiger partial charge >= 0.3 is 11.9 Å². The fourth-order valence-corrected chi connectivity index (χ4v) is 1.66. The van der Waals surface area contributed by atoms with Crippen molar-refractivity contribution in [3.8, 4) is 0 Å². The predicted octanol–water partition coefficient (Wildman–Crippen LogP) is 1.33. The van der Waals surface area contributed by atoms with Gasteiger partial charge in [-0.25, -0.2) is 4.79 Å². The average molecular weight is 271 g/mol. The third kappa shape index (κ3) is 3.78. The zero-order chi connectivity index (χ0) is 14.1. The minimum absolute atomic E-state index is 0.274. The van der Waals surface area contributed by atoms with Gasteiger partial charge in [0.25, 0.3) is 0 Å². The Morgan fingerprint density at radius 1 is 1.26 bits per heavy atom. The molecular formula is C13H23N2O4+. The van der Waals surface area contributed by atoms with Crippen LogP contribution in [0.3, 0.4) is 0 Å². The van der Waals surface area contributed by atoms with Crippen LogP contribution < -0.4 is 4.57 Å². The highest BCUT2D eigenvalue weighted by Gasteiger charge is 2.50. The first-order valence-electron chi connectivity index (χ1n) is 6.70. The van der Waals surface area contributed by atoms with E-state index < -0.39 is 11.9 Å². The second-order valence-corrected chi connectivity index (χ2v) is 3.96. The molecule has 0 spiro atoms. The van der Waals surface area contributed by atoms with Crippen molar-refractivity contribution >= 4 is 5.97 Å². The van der Waals surface area contributed by atoms with E-state index in [9.17, 15) is 4.79 Å². The molecule has 0 aliphatic carbocycles. The van der Waals surface area contributed by atoms with Crippen LogP contribution in [0, 0.1) is 0 Å². The summed E-state index contributed by atoms with van der Waals surface area (Å²) in [6.07, 6.45) is 6.80. The molecule has 0 aliphatic rings. The molecule has 1 rings (SSSR count). The van der Waals surface area contributed by atoms with E-state index in [0.717, 1.165) is 12.8 Å². The fraction of sp³-hybridized carbons (Fsp3) is 0.692. The van der Waals surface area contributed by atoms with Crippen LogP contribution in [-0.4, -0.2) is 30.8 Å². The molecule has 0 radical (unpaired) electrons. The zero-order valence-corrected chi connectivity index (χ0v) is 11.8. The lowest BCUT2D eigenvalue weighted by Crippen LogP contribution is -2.64. The first-order valence-corrected chi connectivity index (χ1v) is 6.70. The Morgan fingerprint density at radius 2 is 2.05 bits per heavy atom. The summed E-state index contributed by atoms with van der Waals surface area (Å²) in [5, 5.41) is 0. The van der Waals surface area contributed by atoms with Gasteiger partial charge in [0.2, 0.25) is 6.33 Å². The van der Waals surface area contributed by atoms with Crippen molar-refractivity contribution in [2.45, 2.75) is 39.5 Å². The largest absolute Gasteiger partial charge is 0.459 e. The number of hydrogen-bond acceptors (Lipinski definition) is 4. The van der Waals surface area contributed by atoms with E-state index in [1.165, 1.54) is 0 Å². The minimum Gasteiger partial charge on any atom is -0.459 e. The Bertz CT molecular complexity index is 367. The quantitative estimate of drug-likeness (QED) is 0.318. The van der Waals surface area contributed by atoms with Crippen molar-refractivity contribution in [1.29, 1.82) is 0 Å². The SMILES string of the molecule is CCCCOC(OCC)(C(=O)OCC)[n+]1cc[nH]c1. The summed E-state index contributed by atoms with van der Waals surface area (Å²) in [6, 6.07) is 0. The molecule has 0 amide bonds. The van der Waals surface area contributed by atoms with Crippen molar-refractivity contribution in [3.63, 3.8) is 0 Å². The molecule has 0 bridgehead atoms. The Morgan fingerprint density at radius 3 is 2.58 bits per heavy atom. The molecule has 0 saturated carbocycles. The molecular weight excluding hydrogens is 248 g/mol. The predicted molar refractivity (Wildman–Crippen MR) is 68.1 cm³/mol. The molecule has 6 heteroatoms. The van der Waals surface area contributed by atoms with Gasteiger partial charge in [0.1, 0.15) is 12.4 Å². The topological polar surface area (TPSA) is 64.4 Å². The smallest absolute Gasteiger partial charge is 0.430 e. The van der Waals surface area contributed by atoms with Crippen LogP contribution >= 0.6 is 0 Å². The molecule has 1 aromatic heterocycles. The molecule has 1 atom stereocenters. The van der Waals surface area contributed by atoms with Crippen LogP contribution in [0.2, 0.25) is 0 Å². The molecule has 1 unspecified atom stereocenters. The van der Waals surface area contributed by atoms with Crippen molar-refractivity contribution in [2.24, 2.45) is 0 Å². The molecule has 0 aliphatic heterocycles. The number of imidazole rings is 1. The molecule has 0 saturated heterocycles. The standard InChI is InChI=1S/C13H22N2O4/c1-4-7-10-19-13(18-6-3,12(16)17-5-2)15-9-8-14-11-15/h8-9,11H,4-7,10H2,1-3H3/p+1. The lowest BCUT2D eigenvalue weighted by Gasteiger charge is -2.27. The Balaban J connectivity index is 2.99. The van der Waals surface area contributed by atoms with Crippen LogP contribution in [-0.2, 0) is 24.9 Å². The maximum atomic E-state index is 12.2. The monoisotopic (exact) mass is 271 g/mol. The van der Waals surface area contributed by atoms with Crippen LogP contribution in [0.5, 0.6) is 0 Å². The average Bonchev–Trinajstić information content (AvgIpc) is 2.92. The third-order valence-electron chi connectivity index (χ3n) is 2.55. The van der Waals surface area contributed by atoms with Gasteiger partial charge in [-0.05, 0) is 20.3 Å². The molecule has 1 N–H and O–H groups in total. The van der Waals surface area contributed by atoms with Gasteiger partial charge in [-0.15, -0.1) is 0 Å². The van der Waals surface area contributed by atoms with Gasteiger partial charge in [-0.2, -0.15) is 4.57 Å². The lowest BCUT2D eigenvalue weighted by molar-refractivity contribution is -0.838. The van der Waals surface area contributed by atoms with Crippen LogP contribution in [0.15, 0.2) is 18.7 Å². The number of nitrogens with zero attached hydrogens (tertiary/aromatic N) is 1. The number of ether oxygens (including phenoxy) is 3. The molecule has 19 heavy (non-hydrogen) atoms. The third-order valence-corrected chi connectivity index (χ3v) is 2.55. The number of hydrogen-bond donors (Lipinski definition) is 1. The van der Waals surface area contributed by atoms with Crippen molar-refractivity contribution in [1.82, 2.24) is 4.98 Å². The summed E-state index contributed by atoms with van der Waals surface area (Å²) in [4.78, 5) is 15.1. The number of carbonyl (C=O) groups is 1. The lowest BCUT2D eigenvalue weighted by atomic mass is 10.3. The maximum absolute atomic E-state index is 12.2. The number of H-pyrrole nitrogens is 1. The summed E-state index contributed by atoms with van der Waals surface area (Å²) in [5.41, 5.74) is 0. The first-order chi connectivity index (χ1) is 9.21. The van der Waals surface area contributed by atoms with Gasteiger partial charge < -0.3 is 14.2 Å². The van der Waals surface area contributed by atoms with E-state index in [1.54, 1.807) is 30.2 Å². The first kappa shape index (κ1) is 15.7. The van der Waals surface area contributed by atoms with Gasteiger partial charge in [-0.1, -0.05) is 13.3 Å². The second kappa shape index (κ2) is 7.91. The second-order valence-electron chi connectivity index (χ2n) is 3.96. The number of aromatic nitrogens is 2. The summed E-state index contributed by atoms with van der Waals surface area (Å²) in [6.45, 7) is 6.65. The van der Waals surface area contributed by atoms with Crippen molar-refractivity contribution < 1.29 is 23.6 Å². The highest BCUT2D eigenvalue weighted by Crippen LogP contribution is 2.16. The number of aromatic amines is 1. The molecule has 6 nitrogen and oxygen atoms in total. The van der Waals surface area contributed by atoms with Gasteiger partial charge in [0.05, 0.1) is 19.8 Å². The highest BCUT2D eigenvalue weighted by molar-refractivity contribution is 5.73. The van der Waals surface area contributed by atoms with Gasteiger partial charge in [0, 0.05) is 0 Å². The number of rotatable bonds is 9. The maximum Gasteiger partial charge on any atom is 0.430 e. The minimum atomic E-state index is -1.54. The number of esters is 1. The Labute approximate surface area is 113 Å². The fourth-order valence-electron chi connectivity index (χ4n) is 1.66. The highest BCUT2D eigenvalue weighted by atomic mass is 16.7. The molecule has 0 fully saturated rings. The number of nitrogens with one attached hydrogen (secondary N) is 1. The molecule has 1 heterocycles. The normalized spacial score (nSPS) is 14.1. The van der Waals surface area contributed by atoms with Gasteiger partial charge in [0.15, 0.2) is 0 Å². The molecule has 0 aromatic carbocycles. The van der Waals surface area contributed by atoms with Crippen molar-refractivity contribution in [2.75, 3.05) is 19.8 Å². The summed E-state index contributed by atoms with van der Waals surface area (Å²) in [5.74, 6) is -2.09. The van der Waals surface area contributed by atoms with Crippen LogP contribution in [0.1, 0.15) is 33.6 Å². The van der Waals surface area contributed by atoms with E-state index in [2.05, 4.69) is 11.9 Å². The molecule has 108 valence electrons. The van der Waals surface area contributed by atoms with E-state index in [1.807, 2.05) is 6.92 Å². The van der Waals surface area contributed by atoms with E-state index in [-0.39, 0.29) is 6.61 Å². The zero-order valence-electron chi connectivity index (χ0n) is 11.8. The van der Waals surface area contributed by atoms with Gasteiger partial charge in [-0.3, -0.25) is 4.98 Å². The van der Waals surface area contributed by atoms with Crippen LogP contribution in [0.4, 0.5) is 0 Å². The Kier molecular flexibility index (Phi) is 6.52. The summed E-state index contributed by atoms with van der Waals surface area (Å²) < 4.78 is 17.9. The Hall–Kier alpha value is -1.40. The number of carbonyl (C=O) groups excluding carboxylic acids is 1. The van der Waals surface area contributed by atoms with Crippen LogP contribution in [0.25, 0.3) is 0 Å². The van der Waals surface area contributed by atoms with E-state index in [0.29, 0.717) is 13.2 Å². The summed E-state index contributed by atoms with van der Waals surface area (Å²) in [7, 11) is 0. The van der Waals surface area contributed by atoms with E-state index >= 15 is 0 Å². The summed E-state index contributed by atoms with van der Waals surface area (Å²) >= 11 is 0. The van der Waals surface area contributed by atoms with Crippen molar-refractivity contribution in [3.05, 3.63) is 18.7 Å². The molecule has 1 aromatic rings. The van der Waals surface area contributed by atoms with E-state index in [4.69, 9.17) is 14.2 Å².